The largest absolute Gasteiger partial charge is 0.366 e. The number of rotatable bonds is 3. The zero-order chi connectivity index (χ0) is 14.7. The molecule has 0 aromatic heterocycles. The molecule has 1 fully saturated rings. The van der Waals surface area contributed by atoms with Gasteiger partial charge in [0.2, 0.25) is 0 Å². The average Bonchev–Trinajstić information content (AvgIpc) is 2.48. The Kier molecular flexibility index (Phi) is 4.15. The van der Waals surface area contributed by atoms with E-state index < -0.39 is 11.6 Å². The van der Waals surface area contributed by atoms with Gasteiger partial charge in [0.25, 0.3) is 0 Å². The van der Waals surface area contributed by atoms with E-state index in [1.165, 1.54) is 17.7 Å². The molecule has 1 aliphatic heterocycles. The van der Waals surface area contributed by atoms with Gasteiger partial charge in [0.05, 0.1) is 5.69 Å². The van der Waals surface area contributed by atoms with E-state index in [0.29, 0.717) is 5.69 Å². The molecular formula is C17H18F2N2. The fourth-order valence-corrected chi connectivity index (χ4v) is 2.82. The van der Waals surface area contributed by atoms with E-state index >= 15 is 0 Å². The van der Waals surface area contributed by atoms with E-state index in [4.69, 9.17) is 0 Å². The number of halogens is 2. The van der Waals surface area contributed by atoms with Gasteiger partial charge in [-0.25, -0.2) is 8.78 Å². The molecule has 0 amide bonds. The maximum atomic E-state index is 13.9. The standard InChI is InChI=1S/C17H18F2N2/c18-14-6-7-17(16(19)11-14)21-9-8-20-15(12-21)10-13-4-2-1-3-5-13/h1-7,11,15,20H,8-10,12H2. The van der Waals surface area contributed by atoms with Gasteiger partial charge in [-0.1, -0.05) is 30.3 Å². The second-order valence-electron chi connectivity index (χ2n) is 5.38. The monoisotopic (exact) mass is 288 g/mol. The SMILES string of the molecule is Fc1ccc(N2CCNC(Cc3ccccc3)C2)c(F)c1. The van der Waals surface area contributed by atoms with Crippen LogP contribution in [0.25, 0.3) is 0 Å². The van der Waals surface area contributed by atoms with E-state index in [0.717, 1.165) is 32.1 Å². The summed E-state index contributed by atoms with van der Waals surface area (Å²) in [6.45, 7) is 2.25. The van der Waals surface area contributed by atoms with Gasteiger partial charge in [-0.2, -0.15) is 0 Å². The van der Waals surface area contributed by atoms with Crippen LogP contribution in [0.2, 0.25) is 0 Å². The Labute approximate surface area is 123 Å². The minimum absolute atomic E-state index is 0.269. The summed E-state index contributed by atoms with van der Waals surface area (Å²) in [4.78, 5) is 1.98. The molecular weight excluding hydrogens is 270 g/mol. The number of anilines is 1. The molecule has 1 atom stereocenters. The lowest BCUT2D eigenvalue weighted by Gasteiger charge is -2.35. The lowest BCUT2D eigenvalue weighted by molar-refractivity contribution is 0.449. The normalized spacial score (nSPS) is 18.8. The molecule has 0 radical (unpaired) electrons. The van der Waals surface area contributed by atoms with Gasteiger partial charge in [0.15, 0.2) is 0 Å². The van der Waals surface area contributed by atoms with Crippen LogP contribution in [-0.4, -0.2) is 25.7 Å². The molecule has 21 heavy (non-hydrogen) atoms. The third-order valence-corrected chi connectivity index (χ3v) is 3.83. The second-order valence-corrected chi connectivity index (χ2v) is 5.38. The summed E-state index contributed by atoms with van der Waals surface area (Å²) < 4.78 is 26.9. The third-order valence-electron chi connectivity index (χ3n) is 3.83. The molecule has 0 bridgehead atoms. The highest BCUT2D eigenvalue weighted by atomic mass is 19.1. The fraction of sp³-hybridized carbons (Fsp3) is 0.294. The lowest BCUT2D eigenvalue weighted by atomic mass is 10.0. The Bertz CT molecular complexity index is 601. The molecule has 0 spiro atoms. The van der Waals surface area contributed by atoms with Gasteiger partial charge in [0, 0.05) is 31.7 Å². The van der Waals surface area contributed by atoms with E-state index in [1.54, 1.807) is 0 Å². The summed E-state index contributed by atoms with van der Waals surface area (Å²) in [7, 11) is 0. The van der Waals surface area contributed by atoms with Gasteiger partial charge in [-0.05, 0) is 24.1 Å². The molecule has 2 aromatic rings. The van der Waals surface area contributed by atoms with Gasteiger partial charge in [-0.15, -0.1) is 0 Å². The summed E-state index contributed by atoms with van der Waals surface area (Å²) >= 11 is 0. The van der Waals surface area contributed by atoms with Crippen LogP contribution in [0.15, 0.2) is 48.5 Å². The molecule has 4 heteroatoms. The zero-order valence-corrected chi connectivity index (χ0v) is 11.7. The summed E-state index contributed by atoms with van der Waals surface area (Å²) in [6.07, 6.45) is 0.903. The van der Waals surface area contributed by atoms with Crippen molar-refractivity contribution < 1.29 is 8.78 Å². The van der Waals surface area contributed by atoms with Crippen LogP contribution in [0.5, 0.6) is 0 Å². The molecule has 1 aliphatic rings. The Morgan fingerprint density at radius 2 is 1.90 bits per heavy atom. The smallest absolute Gasteiger partial charge is 0.149 e. The molecule has 0 saturated carbocycles. The molecule has 3 rings (SSSR count). The van der Waals surface area contributed by atoms with E-state index in [1.807, 2.05) is 23.1 Å². The lowest BCUT2D eigenvalue weighted by Crippen LogP contribution is -2.51. The maximum Gasteiger partial charge on any atom is 0.149 e. The maximum absolute atomic E-state index is 13.9. The van der Waals surface area contributed by atoms with Crippen molar-refractivity contribution in [2.45, 2.75) is 12.5 Å². The van der Waals surface area contributed by atoms with Crippen molar-refractivity contribution in [2.75, 3.05) is 24.5 Å². The molecule has 1 N–H and O–H groups in total. The highest BCUT2D eigenvalue weighted by Crippen LogP contribution is 2.22. The van der Waals surface area contributed by atoms with Gasteiger partial charge < -0.3 is 10.2 Å². The first kappa shape index (κ1) is 14.0. The first-order valence-electron chi connectivity index (χ1n) is 7.20. The Morgan fingerprint density at radius 1 is 1.10 bits per heavy atom. The number of hydrogen-bond donors (Lipinski definition) is 1. The molecule has 0 aliphatic carbocycles. The summed E-state index contributed by atoms with van der Waals surface area (Å²) in [5, 5.41) is 3.46. The van der Waals surface area contributed by atoms with Gasteiger partial charge in [0.1, 0.15) is 11.6 Å². The van der Waals surface area contributed by atoms with Crippen molar-refractivity contribution in [3.05, 3.63) is 65.7 Å². The predicted octanol–water partition coefficient (Wildman–Crippen LogP) is 2.99. The van der Waals surface area contributed by atoms with Crippen LogP contribution < -0.4 is 10.2 Å². The fourth-order valence-electron chi connectivity index (χ4n) is 2.82. The predicted molar refractivity (Wildman–Crippen MR) is 80.5 cm³/mol. The number of nitrogens with zero attached hydrogens (tertiary/aromatic N) is 1. The topological polar surface area (TPSA) is 15.3 Å². The van der Waals surface area contributed by atoms with E-state index in [-0.39, 0.29) is 6.04 Å². The summed E-state index contributed by atoms with van der Waals surface area (Å²) in [6, 6.07) is 14.3. The number of benzene rings is 2. The van der Waals surface area contributed by atoms with Crippen LogP contribution in [0.1, 0.15) is 5.56 Å². The average molecular weight is 288 g/mol. The molecule has 2 aromatic carbocycles. The Morgan fingerprint density at radius 3 is 2.67 bits per heavy atom. The van der Waals surface area contributed by atoms with Crippen LogP contribution in [0, 0.1) is 11.6 Å². The number of nitrogens with one attached hydrogen (secondary N) is 1. The molecule has 1 unspecified atom stereocenters. The van der Waals surface area contributed by atoms with Gasteiger partial charge >= 0.3 is 0 Å². The molecule has 110 valence electrons. The van der Waals surface area contributed by atoms with E-state index in [9.17, 15) is 8.78 Å². The van der Waals surface area contributed by atoms with Crippen LogP contribution in [-0.2, 0) is 6.42 Å². The third kappa shape index (κ3) is 3.39. The Hall–Kier alpha value is -1.94. The zero-order valence-electron chi connectivity index (χ0n) is 11.7. The molecule has 2 nitrogen and oxygen atoms in total. The van der Waals surface area contributed by atoms with Crippen LogP contribution >= 0.6 is 0 Å². The minimum Gasteiger partial charge on any atom is -0.366 e. The van der Waals surface area contributed by atoms with Crippen molar-refractivity contribution in [3.63, 3.8) is 0 Å². The molecule has 1 heterocycles. The number of piperazine rings is 1. The number of hydrogen-bond acceptors (Lipinski definition) is 2. The van der Waals surface area contributed by atoms with Crippen molar-refractivity contribution >= 4 is 5.69 Å². The van der Waals surface area contributed by atoms with Crippen molar-refractivity contribution in [1.29, 1.82) is 0 Å². The van der Waals surface area contributed by atoms with Crippen molar-refractivity contribution in [1.82, 2.24) is 5.32 Å². The van der Waals surface area contributed by atoms with Gasteiger partial charge in [-0.3, -0.25) is 0 Å². The van der Waals surface area contributed by atoms with Crippen molar-refractivity contribution in [2.24, 2.45) is 0 Å². The van der Waals surface area contributed by atoms with Crippen LogP contribution in [0.4, 0.5) is 14.5 Å². The highest BCUT2D eigenvalue weighted by molar-refractivity contribution is 5.48. The van der Waals surface area contributed by atoms with Crippen LogP contribution in [0.3, 0.4) is 0 Å². The summed E-state index contributed by atoms with van der Waals surface area (Å²) in [5.74, 6) is -1.03. The highest BCUT2D eigenvalue weighted by Gasteiger charge is 2.21. The minimum atomic E-state index is -0.535. The first-order chi connectivity index (χ1) is 10.2. The molecule has 1 saturated heterocycles. The first-order valence-corrected chi connectivity index (χ1v) is 7.20. The Balaban J connectivity index is 1.71. The second kappa shape index (κ2) is 6.22. The quantitative estimate of drug-likeness (QED) is 0.934. The van der Waals surface area contributed by atoms with Crippen molar-refractivity contribution in [3.8, 4) is 0 Å². The van der Waals surface area contributed by atoms with E-state index in [2.05, 4.69) is 17.4 Å². The summed E-state index contributed by atoms with van der Waals surface area (Å²) in [5.41, 5.74) is 1.74.